The van der Waals surface area contributed by atoms with Gasteiger partial charge in [0.05, 0.1) is 6.54 Å². The number of carbonyl (C=O) groups is 1. The number of rotatable bonds is 6. The molecule has 2 N–H and O–H groups in total. The summed E-state index contributed by atoms with van der Waals surface area (Å²) in [5.41, 5.74) is 1.78. The number of amides is 1. The first-order valence-electron chi connectivity index (χ1n) is 7.97. The molecule has 25 heavy (non-hydrogen) atoms. The summed E-state index contributed by atoms with van der Waals surface area (Å²) in [6.45, 7) is 2.11. The Morgan fingerprint density at radius 1 is 1.04 bits per heavy atom. The molecule has 0 bridgehead atoms. The van der Waals surface area contributed by atoms with Crippen LogP contribution in [0.2, 0.25) is 0 Å². The minimum Gasteiger partial charge on any atom is -0.361 e. The largest absolute Gasteiger partial charge is 0.361 e. The minimum absolute atomic E-state index is 0.0898. The van der Waals surface area contributed by atoms with Crippen molar-refractivity contribution in [2.24, 2.45) is 0 Å². The quantitative estimate of drug-likeness (QED) is 0.720. The summed E-state index contributed by atoms with van der Waals surface area (Å²) in [6, 6.07) is 10.9. The molecular weight excluding hydrogens is 316 g/mol. The molecule has 0 saturated carbocycles. The topological polar surface area (TPSA) is 92.7 Å². The van der Waals surface area contributed by atoms with Gasteiger partial charge in [-0.1, -0.05) is 13.0 Å². The maximum atomic E-state index is 12.0. The molecule has 7 heteroatoms. The first-order chi connectivity index (χ1) is 12.2. The van der Waals surface area contributed by atoms with Crippen molar-refractivity contribution in [2.45, 2.75) is 13.3 Å². The minimum atomic E-state index is -0.194. The molecule has 3 rings (SSSR count). The monoisotopic (exact) mass is 334 g/mol. The molecule has 0 aliphatic carbocycles. The van der Waals surface area contributed by atoms with Crippen LogP contribution in [-0.4, -0.2) is 32.4 Å². The van der Waals surface area contributed by atoms with Crippen LogP contribution in [0.25, 0.3) is 11.4 Å². The van der Waals surface area contributed by atoms with Gasteiger partial charge in [0, 0.05) is 35.9 Å². The summed E-state index contributed by atoms with van der Waals surface area (Å²) in [4.78, 5) is 29.1. The van der Waals surface area contributed by atoms with E-state index in [-0.39, 0.29) is 12.5 Å². The standard InChI is InChI=1S/C18H18N6O/c1-2-14-11-16(24-18(22-14)13-6-9-19-10-7-13)21-12-17(25)23-15-5-3-4-8-20-15/h3-11H,2,12H2,1H3,(H,20,23,25)(H,21,22,24). The lowest BCUT2D eigenvalue weighted by atomic mass is 10.2. The third-order valence-corrected chi connectivity index (χ3v) is 3.44. The van der Waals surface area contributed by atoms with Crippen LogP contribution in [0.5, 0.6) is 0 Å². The smallest absolute Gasteiger partial charge is 0.244 e. The summed E-state index contributed by atoms with van der Waals surface area (Å²) in [5.74, 6) is 1.54. The fourth-order valence-electron chi connectivity index (χ4n) is 2.19. The van der Waals surface area contributed by atoms with Gasteiger partial charge < -0.3 is 10.6 Å². The van der Waals surface area contributed by atoms with E-state index >= 15 is 0 Å². The second-order valence-corrected chi connectivity index (χ2v) is 5.27. The van der Waals surface area contributed by atoms with E-state index in [9.17, 15) is 4.79 Å². The number of nitrogens with one attached hydrogen (secondary N) is 2. The van der Waals surface area contributed by atoms with Crippen LogP contribution in [0, 0.1) is 0 Å². The lowest BCUT2D eigenvalue weighted by molar-refractivity contribution is -0.114. The second-order valence-electron chi connectivity index (χ2n) is 5.27. The van der Waals surface area contributed by atoms with Gasteiger partial charge in [0.15, 0.2) is 5.82 Å². The summed E-state index contributed by atoms with van der Waals surface area (Å²) in [7, 11) is 0. The maximum Gasteiger partial charge on any atom is 0.244 e. The van der Waals surface area contributed by atoms with E-state index < -0.39 is 0 Å². The molecule has 3 aromatic rings. The summed E-state index contributed by atoms with van der Waals surface area (Å²) in [6.07, 6.45) is 5.80. The van der Waals surface area contributed by atoms with Crippen LogP contribution < -0.4 is 10.6 Å². The zero-order valence-electron chi connectivity index (χ0n) is 13.8. The highest BCUT2D eigenvalue weighted by Crippen LogP contribution is 2.17. The van der Waals surface area contributed by atoms with Gasteiger partial charge in [0.2, 0.25) is 5.91 Å². The van der Waals surface area contributed by atoms with E-state index in [1.165, 1.54) is 0 Å². The van der Waals surface area contributed by atoms with E-state index in [0.717, 1.165) is 17.7 Å². The van der Waals surface area contributed by atoms with Crippen LogP contribution in [0.4, 0.5) is 11.6 Å². The Morgan fingerprint density at radius 2 is 1.88 bits per heavy atom. The highest BCUT2D eigenvalue weighted by molar-refractivity contribution is 5.92. The normalized spacial score (nSPS) is 10.3. The van der Waals surface area contributed by atoms with Gasteiger partial charge in [0.25, 0.3) is 0 Å². The molecule has 126 valence electrons. The number of nitrogens with zero attached hydrogens (tertiary/aromatic N) is 4. The average molecular weight is 334 g/mol. The van der Waals surface area contributed by atoms with E-state index in [0.29, 0.717) is 17.5 Å². The van der Waals surface area contributed by atoms with Gasteiger partial charge in [-0.05, 0) is 30.7 Å². The summed E-state index contributed by atoms with van der Waals surface area (Å²) >= 11 is 0. The zero-order valence-corrected chi connectivity index (χ0v) is 13.8. The number of aromatic nitrogens is 4. The Bertz CT molecular complexity index is 839. The zero-order chi connectivity index (χ0) is 17.5. The third kappa shape index (κ3) is 4.57. The molecule has 3 heterocycles. The van der Waals surface area contributed by atoms with Crippen LogP contribution in [0.1, 0.15) is 12.6 Å². The van der Waals surface area contributed by atoms with Gasteiger partial charge in [-0.15, -0.1) is 0 Å². The Balaban J connectivity index is 1.70. The Morgan fingerprint density at radius 3 is 2.60 bits per heavy atom. The van der Waals surface area contributed by atoms with E-state index in [1.54, 1.807) is 30.7 Å². The first kappa shape index (κ1) is 16.5. The highest BCUT2D eigenvalue weighted by Gasteiger charge is 2.08. The van der Waals surface area contributed by atoms with Gasteiger partial charge in [0.1, 0.15) is 11.6 Å². The number of anilines is 2. The predicted molar refractivity (Wildman–Crippen MR) is 96.0 cm³/mol. The first-order valence-corrected chi connectivity index (χ1v) is 7.97. The van der Waals surface area contributed by atoms with Gasteiger partial charge in [-0.25, -0.2) is 15.0 Å². The van der Waals surface area contributed by atoms with Crippen molar-refractivity contribution in [1.82, 2.24) is 19.9 Å². The highest BCUT2D eigenvalue weighted by atomic mass is 16.2. The molecule has 7 nitrogen and oxygen atoms in total. The van der Waals surface area contributed by atoms with E-state index in [4.69, 9.17) is 0 Å². The van der Waals surface area contributed by atoms with Crippen molar-refractivity contribution in [3.8, 4) is 11.4 Å². The van der Waals surface area contributed by atoms with Gasteiger partial charge in [-0.2, -0.15) is 0 Å². The van der Waals surface area contributed by atoms with Crippen molar-refractivity contribution in [2.75, 3.05) is 17.2 Å². The Kier molecular flexibility index (Phi) is 5.26. The van der Waals surface area contributed by atoms with Crippen molar-refractivity contribution >= 4 is 17.5 Å². The molecule has 1 amide bonds. The molecule has 0 saturated heterocycles. The molecule has 3 aromatic heterocycles. The Hall–Kier alpha value is -3.35. The van der Waals surface area contributed by atoms with Crippen molar-refractivity contribution < 1.29 is 4.79 Å². The fourth-order valence-corrected chi connectivity index (χ4v) is 2.19. The van der Waals surface area contributed by atoms with Gasteiger partial charge >= 0.3 is 0 Å². The number of carbonyl (C=O) groups excluding carboxylic acids is 1. The van der Waals surface area contributed by atoms with Crippen LogP contribution >= 0.6 is 0 Å². The predicted octanol–water partition coefficient (Wildman–Crippen LogP) is 2.55. The SMILES string of the molecule is CCc1cc(NCC(=O)Nc2ccccn2)nc(-c2ccncc2)n1. The third-order valence-electron chi connectivity index (χ3n) is 3.44. The number of hydrogen-bond acceptors (Lipinski definition) is 6. The summed E-state index contributed by atoms with van der Waals surface area (Å²) < 4.78 is 0. The molecule has 0 aromatic carbocycles. The maximum absolute atomic E-state index is 12.0. The van der Waals surface area contributed by atoms with E-state index in [1.807, 2.05) is 31.2 Å². The molecule has 0 radical (unpaired) electrons. The number of hydrogen-bond donors (Lipinski definition) is 2. The van der Waals surface area contributed by atoms with Gasteiger partial charge in [-0.3, -0.25) is 9.78 Å². The Labute approximate surface area is 145 Å². The molecule has 0 spiro atoms. The fraction of sp³-hybridized carbons (Fsp3) is 0.167. The van der Waals surface area contributed by atoms with Crippen molar-refractivity contribution in [1.29, 1.82) is 0 Å². The van der Waals surface area contributed by atoms with Crippen LogP contribution in [-0.2, 0) is 11.2 Å². The van der Waals surface area contributed by atoms with Crippen molar-refractivity contribution in [3.05, 3.63) is 60.7 Å². The van der Waals surface area contributed by atoms with Crippen molar-refractivity contribution in [3.63, 3.8) is 0 Å². The molecule has 0 unspecified atom stereocenters. The lowest BCUT2D eigenvalue weighted by Crippen LogP contribution is -2.22. The van der Waals surface area contributed by atoms with E-state index in [2.05, 4.69) is 30.6 Å². The molecule has 0 fully saturated rings. The lowest BCUT2D eigenvalue weighted by Gasteiger charge is -2.10. The second kappa shape index (κ2) is 7.96. The number of aryl methyl sites for hydroxylation is 1. The average Bonchev–Trinajstić information content (AvgIpc) is 2.67. The molecule has 0 aliphatic heterocycles. The molecular formula is C18H18N6O. The molecule has 0 atom stereocenters. The van der Waals surface area contributed by atoms with Crippen LogP contribution in [0.3, 0.4) is 0 Å². The molecule has 0 aliphatic rings. The summed E-state index contributed by atoms with van der Waals surface area (Å²) in [5, 5.41) is 5.77. The number of pyridine rings is 2. The van der Waals surface area contributed by atoms with Crippen LogP contribution in [0.15, 0.2) is 55.0 Å².